The number of benzene rings is 1. The number of nitrogens with one attached hydrogen (secondary N) is 1. The minimum absolute atomic E-state index is 0.166. The second kappa shape index (κ2) is 6.21. The summed E-state index contributed by atoms with van der Waals surface area (Å²) in [7, 11) is 1.20. The van der Waals surface area contributed by atoms with E-state index in [4.69, 9.17) is 9.15 Å². The second-order valence-corrected chi connectivity index (χ2v) is 5.17. The van der Waals surface area contributed by atoms with E-state index in [-0.39, 0.29) is 28.1 Å². The molecule has 1 fully saturated rings. The molecule has 1 N–H and O–H groups in total. The topological polar surface area (TPSA) is 94.8 Å². The summed E-state index contributed by atoms with van der Waals surface area (Å²) in [5, 5.41) is 2.98. The van der Waals surface area contributed by atoms with Crippen LogP contribution in [-0.4, -0.2) is 31.7 Å². The molecule has 0 bridgehead atoms. The van der Waals surface area contributed by atoms with E-state index in [1.165, 1.54) is 19.2 Å². The van der Waals surface area contributed by atoms with E-state index in [0.29, 0.717) is 18.7 Å². The maximum absolute atomic E-state index is 12.1. The van der Waals surface area contributed by atoms with Crippen LogP contribution in [0.5, 0.6) is 0 Å². The lowest BCUT2D eigenvalue weighted by molar-refractivity contribution is -0.124. The number of anilines is 1. The molecule has 2 aromatic rings. The van der Waals surface area contributed by atoms with E-state index in [2.05, 4.69) is 10.1 Å². The third-order valence-corrected chi connectivity index (χ3v) is 3.60. The summed E-state index contributed by atoms with van der Waals surface area (Å²) in [5.74, 6) is -1.13. The fourth-order valence-electron chi connectivity index (χ4n) is 2.44. The first kappa shape index (κ1) is 15.2. The predicted molar refractivity (Wildman–Crippen MR) is 81.4 cm³/mol. The first-order valence-electron chi connectivity index (χ1n) is 7.17. The molecule has 1 aliphatic heterocycles. The smallest absolute Gasteiger partial charge is 0.374 e. The van der Waals surface area contributed by atoms with Crippen molar-refractivity contribution in [3.63, 3.8) is 0 Å². The number of hydrogen-bond acceptors (Lipinski definition) is 6. The molecule has 1 saturated heterocycles. The number of amides is 1. The number of esters is 1. The highest BCUT2D eigenvalue weighted by Gasteiger charge is 2.23. The van der Waals surface area contributed by atoms with Crippen LogP contribution >= 0.6 is 0 Å². The largest absolute Gasteiger partial charge is 0.463 e. The Hall–Kier alpha value is -2.67. The molecule has 1 aromatic heterocycles. The Bertz CT molecular complexity index is 819. The van der Waals surface area contributed by atoms with E-state index in [1.807, 2.05) is 0 Å². The third kappa shape index (κ3) is 3.09. The lowest BCUT2D eigenvalue weighted by Crippen LogP contribution is -2.26. The van der Waals surface area contributed by atoms with E-state index in [9.17, 15) is 14.4 Å². The van der Waals surface area contributed by atoms with Gasteiger partial charge in [0.15, 0.2) is 5.43 Å². The third-order valence-electron chi connectivity index (χ3n) is 3.60. The van der Waals surface area contributed by atoms with Gasteiger partial charge in [0.05, 0.1) is 12.5 Å². The monoisotopic (exact) mass is 317 g/mol. The van der Waals surface area contributed by atoms with Crippen molar-refractivity contribution in [1.82, 2.24) is 0 Å². The minimum Gasteiger partial charge on any atom is -0.463 e. The molecular weight excluding hydrogens is 302 g/mol. The van der Waals surface area contributed by atoms with Gasteiger partial charge in [0.25, 0.3) is 5.91 Å². The van der Waals surface area contributed by atoms with Crippen molar-refractivity contribution in [2.24, 2.45) is 0 Å². The van der Waals surface area contributed by atoms with Gasteiger partial charge in [0.1, 0.15) is 11.7 Å². The Morgan fingerprint density at radius 2 is 2.13 bits per heavy atom. The van der Waals surface area contributed by atoms with Crippen molar-refractivity contribution in [1.29, 1.82) is 0 Å². The molecule has 1 aliphatic rings. The molecule has 3 rings (SSSR count). The van der Waals surface area contributed by atoms with Gasteiger partial charge < -0.3 is 19.2 Å². The molecule has 7 heteroatoms. The van der Waals surface area contributed by atoms with Gasteiger partial charge in [0, 0.05) is 18.4 Å². The number of carbonyl (C=O) groups is 2. The Kier molecular flexibility index (Phi) is 4.12. The standard InChI is InChI=1S/C16H15NO6/c1-21-16(20)14-8-11(18)10-7-9(4-5-12(10)23-14)17-15(19)13-3-2-6-22-13/h4-5,7-8,13H,2-3,6H2,1H3,(H,17,19). The number of methoxy groups -OCH3 is 1. The zero-order valence-electron chi connectivity index (χ0n) is 12.5. The highest BCUT2D eigenvalue weighted by Crippen LogP contribution is 2.20. The number of rotatable bonds is 3. The van der Waals surface area contributed by atoms with Gasteiger partial charge in [-0.1, -0.05) is 0 Å². The van der Waals surface area contributed by atoms with Crippen LogP contribution in [0.2, 0.25) is 0 Å². The van der Waals surface area contributed by atoms with Gasteiger partial charge in [-0.25, -0.2) is 4.79 Å². The summed E-state index contributed by atoms with van der Waals surface area (Å²) in [4.78, 5) is 35.6. The normalized spacial score (nSPS) is 17.2. The Morgan fingerprint density at radius 1 is 1.30 bits per heavy atom. The Morgan fingerprint density at radius 3 is 2.83 bits per heavy atom. The zero-order chi connectivity index (χ0) is 16.4. The van der Waals surface area contributed by atoms with Crippen molar-refractivity contribution < 1.29 is 23.5 Å². The van der Waals surface area contributed by atoms with Gasteiger partial charge in [-0.2, -0.15) is 0 Å². The predicted octanol–water partition coefficient (Wildman–Crippen LogP) is 1.70. The number of carbonyl (C=O) groups excluding carboxylic acids is 2. The fraction of sp³-hybridized carbons (Fsp3) is 0.312. The van der Waals surface area contributed by atoms with Gasteiger partial charge in [0.2, 0.25) is 5.76 Å². The molecule has 120 valence electrons. The molecule has 7 nitrogen and oxygen atoms in total. The molecular formula is C16H15NO6. The summed E-state index contributed by atoms with van der Waals surface area (Å²) < 4.78 is 15.2. The lowest BCUT2D eigenvalue weighted by Gasteiger charge is -2.10. The van der Waals surface area contributed by atoms with Crippen molar-refractivity contribution in [3.05, 3.63) is 40.2 Å². The Balaban J connectivity index is 1.90. The van der Waals surface area contributed by atoms with Gasteiger partial charge in [-0.05, 0) is 31.0 Å². The van der Waals surface area contributed by atoms with E-state index in [0.717, 1.165) is 12.5 Å². The SMILES string of the molecule is COC(=O)c1cc(=O)c2cc(NC(=O)C3CCCO3)ccc2o1. The molecule has 2 heterocycles. The van der Waals surface area contributed by atoms with Crippen molar-refractivity contribution in [3.8, 4) is 0 Å². The van der Waals surface area contributed by atoms with Crippen molar-refractivity contribution in [2.75, 3.05) is 19.0 Å². The maximum Gasteiger partial charge on any atom is 0.374 e. The fourth-order valence-corrected chi connectivity index (χ4v) is 2.44. The molecule has 1 aromatic carbocycles. The highest BCUT2D eigenvalue weighted by atomic mass is 16.5. The minimum atomic E-state index is -0.722. The van der Waals surface area contributed by atoms with Crippen LogP contribution in [0.1, 0.15) is 23.4 Å². The van der Waals surface area contributed by atoms with Crippen LogP contribution in [0.4, 0.5) is 5.69 Å². The average molecular weight is 317 g/mol. The molecule has 1 unspecified atom stereocenters. The molecule has 1 amide bonds. The van der Waals surface area contributed by atoms with E-state index in [1.54, 1.807) is 6.07 Å². The summed E-state index contributed by atoms with van der Waals surface area (Å²) in [5.41, 5.74) is 0.323. The van der Waals surface area contributed by atoms with Crippen molar-refractivity contribution in [2.45, 2.75) is 18.9 Å². The summed E-state index contributed by atoms with van der Waals surface area (Å²) in [6.45, 7) is 0.579. The molecule has 23 heavy (non-hydrogen) atoms. The number of hydrogen-bond donors (Lipinski definition) is 1. The van der Waals surface area contributed by atoms with E-state index < -0.39 is 12.1 Å². The lowest BCUT2D eigenvalue weighted by atomic mass is 10.2. The number of fused-ring (bicyclic) bond motifs is 1. The molecule has 0 radical (unpaired) electrons. The van der Waals surface area contributed by atoms with Gasteiger partial charge in [-0.3, -0.25) is 9.59 Å². The van der Waals surface area contributed by atoms with Crippen LogP contribution in [0.3, 0.4) is 0 Å². The molecule has 0 spiro atoms. The Labute approximate surface area is 131 Å². The zero-order valence-corrected chi connectivity index (χ0v) is 12.5. The maximum atomic E-state index is 12.1. The number of ether oxygens (including phenoxy) is 2. The summed E-state index contributed by atoms with van der Waals surface area (Å²) in [6.07, 6.45) is 1.09. The summed E-state index contributed by atoms with van der Waals surface area (Å²) >= 11 is 0. The molecule has 0 aliphatic carbocycles. The summed E-state index contributed by atoms with van der Waals surface area (Å²) in [6, 6.07) is 5.70. The molecule has 1 atom stereocenters. The van der Waals surface area contributed by atoms with Gasteiger partial charge in [-0.15, -0.1) is 0 Å². The van der Waals surface area contributed by atoms with Crippen LogP contribution in [0, 0.1) is 0 Å². The van der Waals surface area contributed by atoms with E-state index >= 15 is 0 Å². The average Bonchev–Trinajstić information content (AvgIpc) is 3.09. The van der Waals surface area contributed by atoms with Crippen molar-refractivity contribution >= 4 is 28.5 Å². The van der Waals surface area contributed by atoms with Crippen LogP contribution in [0.25, 0.3) is 11.0 Å². The van der Waals surface area contributed by atoms with Gasteiger partial charge >= 0.3 is 5.97 Å². The first-order chi connectivity index (χ1) is 11.1. The van der Waals surface area contributed by atoms with Crippen LogP contribution in [-0.2, 0) is 14.3 Å². The quantitative estimate of drug-likeness (QED) is 0.866. The highest BCUT2D eigenvalue weighted by molar-refractivity contribution is 5.96. The molecule has 0 saturated carbocycles. The first-order valence-corrected chi connectivity index (χ1v) is 7.17. The van der Waals surface area contributed by atoms with Crippen LogP contribution < -0.4 is 10.7 Å². The second-order valence-electron chi connectivity index (χ2n) is 5.17. The van der Waals surface area contributed by atoms with Crippen LogP contribution in [0.15, 0.2) is 33.5 Å².